The van der Waals surface area contributed by atoms with E-state index in [9.17, 15) is 13.2 Å². The van der Waals surface area contributed by atoms with Gasteiger partial charge in [-0.05, 0) is 56.7 Å². The van der Waals surface area contributed by atoms with Gasteiger partial charge >= 0.3 is 0 Å². The smallest absolute Gasteiger partial charge is 0.255 e. The molecular weight excluding hydrogens is 454 g/mol. The fraction of sp³-hybridized carbons (Fsp3) is 0.238. The minimum absolute atomic E-state index is 0.0204. The zero-order valence-electron chi connectivity index (χ0n) is 16.2. The van der Waals surface area contributed by atoms with Crippen LogP contribution in [0.2, 0.25) is 0 Å². The molecule has 0 spiro atoms. The molecule has 3 rings (SSSR count). The van der Waals surface area contributed by atoms with Crippen LogP contribution in [0.1, 0.15) is 28.2 Å². The third-order valence-corrected chi connectivity index (χ3v) is 6.91. The first-order chi connectivity index (χ1) is 13.8. The van der Waals surface area contributed by atoms with Gasteiger partial charge in [0.05, 0.1) is 33.3 Å². The molecule has 29 heavy (non-hydrogen) atoms. The first-order valence-corrected chi connectivity index (χ1v) is 11.6. The summed E-state index contributed by atoms with van der Waals surface area (Å²) in [6.45, 7) is 3.90. The zero-order valence-corrected chi connectivity index (χ0v) is 18.6. The predicted molar refractivity (Wildman–Crippen MR) is 116 cm³/mol. The Hall–Kier alpha value is -2.45. The van der Waals surface area contributed by atoms with E-state index in [1.54, 1.807) is 41.9 Å². The molecule has 8 heteroatoms. The zero-order chi connectivity index (χ0) is 21.0. The number of carbonyl (C=O) groups is 1. The van der Waals surface area contributed by atoms with Crippen LogP contribution in [-0.2, 0) is 9.84 Å². The van der Waals surface area contributed by atoms with E-state index in [-0.39, 0.29) is 18.2 Å². The molecule has 152 valence electrons. The third-order valence-electron chi connectivity index (χ3n) is 4.57. The van der Waals surface area contributed by atoms with Crippen molar-refractivity contribution in [3.63, 3.8) is 0 Å². The van der Waals surface area contributed by atoms with Crippen molar-refractivity contribution in [1.82, 2.24) is 15.1 Å². The van der Waals surface area contributed by atoms with E-state index in [1.807, 2.05) is 31.2 Å². The summed E-state index contributed by atoms with van der Waals surface area (Å²) in [4.78, 5) is 13.0. The molecule has 3 aromatic rings. The van der Waals surface area contributed by atoms with Crippen LogP contribution in [0.15, 0.2) is 64.0 Å². The molecule has 0 atom stereocenters. The average Bonchev–Trinajstić information content (AvgIpc) is 3.00. The van der Waals surface area contributed by atoms with Gasteiger partial charge in [-0.15, -0.1) is 0 Å². The van der Waals surface area contributed by atoms with Crippen LogP contribution in [0.25, 0.3) is 5.69 Å². The van der Waals surface area contributed by atoms with Crippen molar-refractivity contribution < 1.29 is 13.2 Å². The normalized spacial score (nSPS) is 11.4. The molecule has 1 N–H and O–H groups in total. The number of sulfone groups is 1. The summed E-state index contributed by atoms with van der Waals surface area (Å²) in [7, 11) is -3.35. The van der Waals surface area contributed by atoms with Gasteiger partial charge in [-0.25, -0.2) is 13.1 Å². The monoisotopic (exact) mass is 475 g/mol. The average molecular weight is 476 g/mol. The molecule has 0 radical (unpaired) electrons. The van der Waals surface area contributed by atoms with E-state index >= 15 is 0 Å². The van der Waals surface area contributed by atoms with Crippen molar-refractivity contribution in [1.29, 1.82) is 0 Å². The van der Waals surface area contributed by atoms with Crippen LogP contribution in [-0.4, -0.2) is 36.4 Å². The molecule has 0 saturated carbocycles. The molecule has 1 heterocycles. The molecule has 0 bridgehead atoms. The Bertz CT molecular complexity index is 1110. The summed E-state index contributed by atoms with van der Waals surface area (Å²) in [6, 6.07) is 16.0. The topological polar surface area (TPSA) is 81.1 Å². The first kappa shape index (κ1) is 21.3. The second-order valence-electron chi connectivity index (χ2n) is 6.68. The number of rotatable bonds is 7. The molecule has 0 aliphatic heterocycles. The minimum atomic E-state index is -3.35. The Morgan fingerprint density at radius 2 is 1.72 bits per heavy atom. The number of aryl methyl sites for hydroxylation is 1. The Kier molecular flexibility index (Phi) is 6.54. The highest BCUT2D eigenvalue weighted by atomic mass is 79.9. The number of amides is 1. The van der Waals surface area contributed by atoms with E-state index < -0.39 is 9.84 Å². The summed E-state index contributed by atoms with van der Waals surface area (Å²) < 4.78 is 27.3. The van der Waals surface area contributed by atoms with Gasteiger partial charge in [0.2, 0.25) is 0 Å². The van der Waals surface area contributed by atoms with E-state index in [1.165, 1.54) is 0 Å². The molecule has 0 fully saturated rings. The van der Waals surface area contributed by atoms with Crippen molar-refractivity contribution in [3.8, 4) is 5.69 Å². The van der Waals surface area contributed by atoms with E-state index in [0.717, 1.165) is 15.9 Å². The molecule has 1 aromatic heterocycles. The molecule has 0 aliphatic rings. The Labute approximate surface area is 179 Å². The lowest BCUT2D eigenvalue weighted by Gasteiger charge is -2.08. The predicted octanol–water partition coefficient (Wildman–Crippen LogP) is 3.85. The Balaban J connectivity index is 1.63. The van der Waals surface area contributed by atoms with Crippen LogP contribution in [0.4, 0.5) is 0 Å². The van der Waals surface area contributed by atoms with Gasteiger partial charge in [0.25, 0.3) is 5.91 Å². The lowest BCUT2D eigenvalue weighted by Crippen LogP contribution is -2.27. The first-order valence-electron chi connectivity index (χ1n) is 9.18. The number of hydrogen-bond acceptors (Lipinski definition) is 4. The fourth-order valence-electron chi connectivity index (χ4n) is 3.10. The van der Waals surface area contributed by atoms with Crippen LogP contribution in [0.3, 0.4) is 0 Å². The minimum Gasteiger partial charge on any atom is -0.352 e. The number of benzene rings is 2. The van der Waals surface area contributed by atoms with Crippen molar-refractivity contribution in [2.24, 2.45) is 0 Å². The van der Waals surface area contributed by atoms with Crippen LogP contribution in [0, 0.1) is 13.8 Å². The standard InChI is InChI=1S/C21H22BrN3O3S/c1-15-20(16(2)25(24-15)18-11-9-17(22)10-12-18)21(26)23-13-6-14-29(27,28)19-7-4-3-5-8-19/h3-5,7-12H,6,13-14H2,1-2H3,(H,23,26). The van der Waals surface area contributed by atoms with E-state index in [0.29, 0.717) is 22.6 Å². The fourth-order valence-corrected chi connectivity index (χ4v) is 4.70. The van der Waals surface area contributed by atoms with Crippen molar-refractivity contribution in [2.45, 2.75) is 25.2 Å². The summed E-state index contributed by atoms with van der Waals surface area (Å²) in [5.41, 5.74) is 2.74. The van der Waals surface area contributed by atoms with E-state index in [2.05, 4.69) is 26.3 Å². The maximum atomic E-state index is 12.7. The molecule has 1 amide bonds. The highest BCUT2D eigenvalue weighted by Crippen LogP contribution is 2.20. The van der Waals surface area contributed by atoms with Gasteiger partial charge in [0.15, 0.2) is 9.84 Å². The Morgan fingerprint density at radius 3 is 2.38 bits per heavy atom. The van der Waals surface area contributed by atoms with E-state index in [4.69, 9.17) is 0 Å². The van der Waals surface area contributed by atoms with Gasteiger partial charge < -0.3 is 5.32 Å². The second kappa shape index (κ2) is 8.92. The number of aromatic nitrogens is 2. The third kappa shape index (κ3) is 4.94. The van der Waals surface area contributed by atoms with Crippen LogP contribution in [0.5, 0.6) is 0 Å². The summed E-state index contributed by atoms with van der Waals surface area (Å²) in [5, 5.41) is 7.30. The largest absolute Gasteiger partial charge is 0.352 e. The number of nitrogens with zero attached hydrogens (tertiary/aromatic N) is 2. The molecule has 0 unspecified atom stereocenters. The van der Waals surface area contributed by atoms with Crippen LogP contribution >= 0.6 is 15.9 Å². The number of carbonyl (C=O) groups excluding carboxylic acids is 1. The summed E-state index contributed by atoms with van der Waals surface area (Å²) in [6.07, 6.45) is 0.335. The van der Waals surface area contributed by atoms with Gasteiger partial charge in [-0.3, -0.25) is 4.79 Å². The number of hydrogen-bond donors (Lipinski definition) is 1. The van der Waals surface area contributed by atoms with Gasteiger partial charge in [-0.2, -0.15) is 5.10 Å². The second-order valence-corrected chi connectivity index (χ2v) is 9.70. The van der Waals surface area contributed by atoms with Gasteiger partial charge in [-0.1, -0.05) is 34.1 Å². The van der Waals surface area contributed by atoms with Crippen molar-refractivity contribution in [3.05, 3.63) is 76.0 Å². The SMILES string of the molecule is Cc1nn(-c2ccc(Br)cc2)c(C)c1C(=O)NCCCS(=O)(=O)c1ccccc1. The summed E-state index contributed by atoms with van der Waals surface area (Å²) >= 11 is 3.41. The van der Waals surface area contributed by atoms with Gasteiger partial charge in [0.1, 0.15) is 0 Å². The highest BCUT2D eigenvalue weighted by molar-refractivity contribution is 9.10. The molecule has 6 nitrogen and oxygen atoms in total. The maximum absolute atomic E-state index is 12.7. The molecular formula is C21H22BrN3O3S. The molecule has 0 aliphatic carbocycles. The van der Waals surface area contributed by atoms with Gasteiger partial charge in [0, 0.05) is 11.0 Å². The lowest BCUT2D eigenvalue weighted by atomic mass is 10.2. The summed E-state index contributed by atoms with van der Waals surface area (Å²) in [5.74, 6) is -0.270. The number of halogens is 1. The Morgan fingerprint density at radius 1 is 1.07 bits per heavy atom. The van der Waals surface area contributed by atoms with Crippen LogP contribution < -0.4 is 5.32 Å². The molecule has 0 saturated heterocycles. The van der Waals surface area contributed by atoms with Crippen molar-refractivity contribution >= 4 is 31.7 Å². The van der Waals surface area contributed by atoms with Crippen molar-refractivity contribution in [2.75, 3.05) is 12.3 Å². The maximum Gasteiger partial charge on any atom is 0.255 e. The highest BCUT2D eigenvalue weighted by Gasteiger charge is 2.20. The number of nitrogens with one attached hydrogen (secondary N) is 1. The molecule has 2 aromatic carbocycles. The quantitative estimate of drug-likeness (QED) is 0.526. The lowest BCUT2D eigenvalue weighted by molar-refractivity contribution is 0.0952.